The third-order valence-corrected chi connectivity index (χ3v) is 2.53. The van der Waals surface area contributed by atoms with Gasteiger partial charge in [0.1, 0.15) is 5.01 Å². The van der Waals surface area contributed by atoms with Gasteiger partial charge in [0, 0.05) is 12.8 Å². The van der Waals surface area contributed by atoms with Crippen molar-refractivity contribution in [1.29, 1.82) is 0 Å². The summed E-state index contributed by atoms with van der Waals surface area (Å²) < 4.78 is 0. The Morgan fingerprint density at radius 1 is 1.57 bits per heavy atom. The number of hydrogen-bond donors (Lipinski definition) is 2. The van der Waals surface area contributed by atoms with E-state index in [-0.39, 0.29) is 5.91 Å². The van der Waals surface area contributed by atoms with Gasteiger partial charge in [0.05, 0.1) is 0 Å². The maximum atomic E-state index is 11.0. The van der Waals surface area contributed by atoms with E-state index in [2.05, 4.69) is 15.5 Å². The molecular weight excluding hydrogens is 200 g/mol. The highest BCUT2D eigenvalue weighted by Gasteiger charge is 2.05. The van der Waals surface area contributed by atoms with Crippen molar-refractivity contribution in [3.8, 4) is 0 Å². The van der Waals surface area contributed by atoms with Gasteiger partial charge in [-0.3, -0.25) is 4.79 Å². The molecule has 78 valence electrons. The molecule has 0 atom stereocenters. The SMILES string of the molecule is CCC(=O)Nc1nnc(CCCN)s1. The van der Waals surface area contributed by atoms with Crippen LogP contribution in [0, 0.1) is 0 Å². The van der Waals surface area contributed by atoms with Gasteiger partial charge in [-0.1, -0.05) is 18.3 Å². The maximum absolute atomic E-state index is 11.0. The third kappa shape index (κ3) is 3.39. The number of hydrogen-bond acceptors (Lipinski definition) is 5. The lowest BCUT2D eigenvalue weighted by atomic mass is 10.3. The van der Waals surface area contributed by atoms with Crippen molar-refractivity contribution in [1.82, 2.24) is 10.2 Å². The molecule has 0 saturated carbocycles. The maximum Gasteiger partial charge on any atom is 0.225 e. The van der Waals surface area contributed by atoms with Gasteiger partial charge in [-0.05, 0) is 13.0 Å². The lowest BCUT2D eigenvalue weighted by molar-refractivity contribution is -0.115. The monoisotopic (exact) mass is 214 g/mol. The average Bonchev–Trinajstić information content (AvgIpc) is 2.62. The minimum Gasteiger partial charge on any atom is -0.330 e. The molecule has 0 aliphatic heterocycles. The van der Waals surface area contributed by atoms with Gasteiger partial charge in [0.25, 0.3) is 0 Å². The van der Waals surface area contributed by atoms with E-state index in [1.54, 1.807) is 6.92 Å². The Kier molecular flexibility index (Phi) is 4.48. The highest BCUT2D eigenvalue weighted by molar-refractivity contribution is 7.15. The molecule has 0 radical (unpaired) electrons. The molecule has 1 rings (SSSR count). The summed E-state index contributed by atoms with van der Waals surface area (Å²) in [4.78, 5) is 11.0. The largest absolute Gasteiger partial charge is 0.330 e. The Hall–Kier alpha value is -1.01. The van der Waals surface area contributed by atoms with Crippen LogP contribution in [0.15, 0.2) is 0 Å². The second-order valence-electron chi connectivity index (χ2n) is 2.79. The summed E-state index contributed by atoms with van der Waals surface area (Å²) in [5.41, 5.74) is 5.37. The summed E-state index contributed by atoms with van der Waals surface area (Å²) in [6.07, 6.45) is 2.18. The Bertz CT molecular complexity index is 299. The quantitative estimate of drug-likeness (QED) is 0.759. The fraction of sp³-hybridized carbons (Fsp3) is 0.625. The number of nitrogens with two attached hydrogens (primary N) is 1. The van der Waals surface area contributed by atoms with Gasteiger partial charge in [-0.15, -0.1) is 10.2 Å². The molecule has 14 heavy (non-hydrogen) atoms. The first kappa shape index (κ1) is 11.1. The zero-order valence-electron chi connectivity index (χ0n) is 8.12. The summed E-state index contributed by atoms with van der Waals surface area (Å²) in [7, 11) is 0. The molecule has 1 aromatic heterocycles. The molecule has 0 aliphatic carbocycles. The Labute approximate surface area is 86.7 Å². The van der Waals surface area contributed by atoms with E-state index < -0.39 is 0 Å². The Morgan fingerprint density at radius 3 is 3.00 bits per heavy atom. The van der Waals surface area contributed by atoms with Crippen LogP contribution in [0.5, 0.6) is 0 Å². The minimum absolute atomic E-state index is 0.0356. The number of carbonyl (C=O) groups excluding carboxylic acids is 1. The highest BCUT2D eigenvalue weighted by Crippen LogP contribution is 2.16. The van der Waals surface area contributed by atoms with E-state index in [1.165, 1.54) is 11.3 Å². The van der Waals surface area contributed by atoms with Crippen LogP contribution in [-0.4, -0.2) is 22.6 Å². The van der Waals surface area contributed by atoms with Crippen LogP contribution in [0.2, 0.25) is 0 Å². The molecule has 0 spiro atoms. The van der Waals surface area contributed by atoms with Gasteiger partial charge in [0.15, 0.2) is 0 Å². The van der Waals surface area contributed by atoms with Gasteiger partial charge in [-0.2, -0.15) is 0 Å². The summed E-state index contributed by atoms with van der Waals surface area (Å²) in [6.45, 7) is 2.45. The van der Waals surface area contributed by atoms with E-state index >= 15 is 0 Å². The van der Waals surface area contributed by atoms with E-state index in [9.17, 15) is 4.79 Å². The summed E-state index contributed by atoms with van der Waals surface area (Å²) in [5.74, 6) is -0.0356. The minimum atomic E-state index is -0.0356. The topological polar surface area (TPSA) is 80.9 Å². The van der Waals surface area contributed by atoms with Crippen LogP contribution < -0.4 is 11.1 Å². The van der Waals surface area contributed by atoms with Crippen molar-refractivity contribution in [3.05, 3.63) is 5.01 Å². The molecule has 5 nitrogen and oxygen atoms in total. The summed E-state index contributed by atoms with van der Waals surface area (Å²) in [5, 5.41) is 11.9. The van der Waals surface area contributed by atoms with E-state index in [0.29, 0.717) is 18.1 Å². The predicted octanol–water partition coefficient (Wildman–Crippen LogP) is 0.778. The molecule has 0 aromatic carbocycles. The van der Waals surface area contributed by atoms with Crippen LogP contribution in [0.25, 0.3) is 0 Å². The lowest BCUT2D eigenvalue weighted by Gasteiger charge is -1.94. The molecule has 1 heterocycles. The zero-order valence-corrected chi connectivity index (χ0v) is 8.93. The standard InChI is InChI=1S/C8H14N4OS/c1-2-6(13)10-8-12-11-7(14-8)4-3-5-9/h2-5,9H2,1H3,(H,10,12,13). The first-order valence-corrected chi connectivity index (χ1v) is 5.40. The number of amides is 1. The second kappa shape index (κ2) is 5.66. The van der Waals surface area contributed by atoms with Crippen molar-refractivity contribution in [3.63, 3.8) is 0 Å². The summed E-state index contributed by atoms with van der Waals surface area (Å²) >= 11 is 1.41. The molecule has 0 bridgehead atoms. The fourth-order valence-corrected chi connectivity index (χ4v) is 1.66. The number of aromatic nitrogens is 2. The predicted molar refractivity (Wildman–Crippen MR) is 56.2 cm³/mol. The normalized spacial score (nSPS) is 10.1. The molecule has 6 heteroatoms. The second-order valence-corrected chi connectivity index (χ2v) is 3.86. The van der Waals surface area contributed by atoms with Gasteiger partial charge < -0.3 is 11.1 Å². The van der Waals surface area contributed by atoms with Gasteiger partial charge >= 0.3 is 0 Å². The zero-order chi connectivity index (χ0) is 10.4. The highest BCUT2D eigenvalue weighted by atomic mass is 32.1. The number of nitrogens with zero attached hydrogens (tertiary/aromatic N) is 2. The number of carbonyl (C=O) groups is 1. The van der Waals surface area contributed by atoms with Crippen LogP contribution >= 0.6 is 11.3 Å². The first-order valence-electron chi connectivity index (χ1n) is 4.58. The third-order valence-electron chi connectivity index (χ3n) is 1.63. The van der Waals surface area contributed by atoms with Crippen molar-refractivity contribution in [2.45, 2.75) is 26.2 Å². The van der Waals surface area contributed by atoms with Crippen molar-refractivity contribution in [2.24, 2.45) is 5.73 Å². The van der Waals surface area contributed by atoms with Gasteiger partial charge in [0.2, 0.25) is 11.0 Å². The number of anilines is 1. The van der Waals surface area contributed by atoms with Gasteiger partial charge in [-0.25, -0.2) is 0 Å². The van der Waals surface area contributed by atoms with Crippen LogP contribution in [-0.2, 0) is 11.2 Å². The molecular formula is C8H14N4OS. The summed E-state index contributed by atoms with van der Waals surface area (Å²) in [6, 6.07) is 0. The molecule has 0 fully saturated rings. The van der Waals surface area contributed by atoms with E-state index in [0.717, 1.165) is 17.8 Å². The van der Waals surface area contributed by atoms with Crippen molar-refractivity contribution >= 4 is 22.4 Å². The molecule has 0 unspecified atom stereocenters. The van der Waals surface area contributed by atoms with E-state index in [4.69, 9.17) is 5.73 Å². The molecule has 0 saturated heterocycles. The number of aryl methyl sites for hydroxylation is 1. The Morgan fingerprint density at radius 2 is 2.36 bits per heavy atom. The Balaban J connectivity index is 2.46. The molecule has 0 aliphatic rings. The van der Waals surface area contributed by atoms with Crippen LogP contribution in [0.1, 0.15) is 24.8 Å². The average molecular weight is 214 g/mol. The molecule has 3 N–H and O–H groups in total. The lowest BCUT2D eigenvalue weighted by Crippen LogP contribution is -2.08. The number of rotatable bonds is 5. The smallest absolute Gasteiger partial charge is 0.225 e. The fourth-order valence-electron chi connectivity index (χ4n) is 0.866. The van der Waals surface area contributed by atoms with Crippen LogP contribution in [0.4, 0.5) is 5.13 Å². The van der Waals surface area contributed by atoms with Crippen molar-refractivity contribution in [2.75, 3.05) is 11.9 Å². The first-order chi connectivity index (χ1) is 6.76. The van der Waals surface area contributed by atoms with Crippen LogP contribution in [0.3, 0.4) is 0 Å². The van der Waals surface area contributed by atoms with E-state index in [1.807, 2.05) is 0 Å². The molecule has 1 amide bonds. The molecule has 1 aromatic rings. The van der Waals surface area contributed by atoms with Crippen molar-refractivity contribution < 1.29 is 4.79 Å². The number of nitrogens with one attached hydrogen (secondary N) is 1.